The monoisotopic (exact) mass is 264 g/mol. The van der Waals surface area contributed by atoms with Crippen LogP contribution in [-0.4, -0.2) is 30.4 Å². The normalized spacial score (nSPS) is 11.9. The molecule has 0 saturated heterocycles. The molecule has 0 atom stereocenters. The van der Waals surface area contributed by atoms with E-state index in [-0.39, 0.29) is 11.5 Å². The molecule has 1 heterocycles. The van der Waals surface area contributed by atoms with E-state index in [2.05, 4.69) is 0 Å². The lowest BCUT2D eigenvalue weighted by molar-refractivity contribution is 0.334. The van der Waals surface area contributed by atoms with E-state index in [0.717, 1.165) is 0 Å². The van der Waals surface area contributed by atoms with E-state index in [1.165, 1.54) is 12.1 Å². The van der Waals surface area contributed by atoms with Gasteiger partial charge in [-0.25, -0.2) is 4.79 Å². The molecule has 0 radical (unpaired) electrons. The zero-order valence-electron chi connectivity index (χ0n) is 11.3. The summed E-state index contributed by atoms with van der Waals surface area (Å²) < 4.78 is 5.60. The molecule has 5 heteroatoms. The predicted octanol–water partition coefficient (Wildman–Crippen LogP) is 2.18. The molecule has 0 amide bonds. The summed E-state index contributed by atoms with van der Waals surface area (Å²) in [5.41, 5.74) is 0.296. The van der Waals surface area contributed by atoms with Gasteiger partial charge in [-0.2, -0.15) is 0 Å². The van der Waals surface area contributed by atoms with Crippen LogP contribution in [0.1, 0.15) is 13.8 Å². The molecule has 0 aliphatic carbocycles. The first-order valence-corrected chi connectivity index (χ1v) is 6.27. The lowest BCUT2D eigenvalue weighted by Gasteiger charge is -2.32. The molecule has 102 valence electrons. The maximum Gasteiger partial charge on any atom is 0.336 e. The molecular formula is C14H18NO4+. The molecule has 0 bridgehead atoms. The third kappa shape index (κ3) is 2.06. The fourth-order valence-corrected chi connectivity index (χ4v) is 2.21. The number of fused-ring (bicyclic) bond motifs is 1. The van der Waals surface area contributed by atoms with Crippen molar-refractivity contribution in [1.82, 2.24) is 4.48 Å². The van der Waals surface area contributed by atoms with E-state index in [4.69, 9.17) is 4.42 Å². The molecule has 0 aliphatic rings. The Labute approximate surface area is 110 Å². The Bertz CT molecular complexity index is 671. The average molecular weight is 264 g/mol. The summed E-state index contributed by atoms with van der Waals surface area (Å²) in [5, 5.41) is 20.6. The van der Waals surface area contributed by atoms with Gasteiger partial charge in [0.1, 0.15) is 0 Å². The second kappa shape index (κ2) is 4.59. The van der Waals surface area contributed by atoms with Gasteiger partial charge in [0.15, 0.2) is 5.75 Å². The van der Waals surface area contributed by atoms with Gasteiger partial charge in [-0.3, -0.25) is 4.48 Å². The smallest absolute Gasteiger partial charge is 0.336 e. The summed E-state index contributed by atoms with van der Waals surface area (Å²) in [5.74, 6) is -0.435. The van der Waals surface area contributed by atoms with Crippen molar-refractivity contribution in [2.45, 2.75) is 13.8 Å². The summed E-state index contributed by atoms with van der Waals surface area (Å²) in [6.45, 7) is 5.34. The van der Waals surface area contributed by atoms with Crippen molar-refractivity contribution in [3.8, 4) is 11.5 Å². The molecule has 0 saturated carbocycles. The number of rotatable bonds is 3. The Morgan fingerprint density at radius 1 is 1.21 bits per heavy atom. The van der Waals surface area contributed by atoms with Crippen molar-refractivity contribution in [1.29, 1.82) is 0 Å². The molecule has 2 N–H and O–H groups in total. The van der Waals surface area contributed by atoms with E-state index in [1.807, 2.05) is 20.9 Å². The number of phenolic OH excluding ortho intramolecular Hbond substituents is 2. The van der Waals surface area contributed by atoms with Crippen molar-refractivity contribution in [2.24, 2.45) is 0 Å². The average Bonchev–Trinajstić information content (AvgIpc) is 2.40. The molecule has 2 rings (SSSR count). The van der Waals surface area contributed by atoms with Crippen molar-refractivity contribution in [3.63, 3.8) is 0 Å². The van der Waals surface area contributed by atoms with Crippen molar-refractivity contribution >= 4 is 16.7 Å². The number of benzene rings is 1. The fourth-order valence-electron chi connectivity index (χ4n) is 2.21. The van der Waals surface area contributed by atoms with E-state index < -0.39 is 5.63 Å². The van der Waals surface area contributed by atoms with Crippen molar-refractivity contribution in [2.75, 3.05) is 20.1 Å². The number of aromatic hydroxyl groups is 2. The Hall–Kier alpha value is -2.01. The summed E-state index contributed by atoms with van der Waals surface area (Å²) in [7, 11) is 1.92. The van der Waals surface area contributed by atoms with Crippen LogP contribution < -0.4 is 10.1 Å². The van der Waals surface area contributed by atoms with Crippen molar-refractivity contribution in [3.05, 3.63) is 28.6 Å². The topological polar surface area (TPSA) is 70.7 Å². The Morgan fingerprint density at radius 2 is 1.84 bits per heavy atom. The van der Waals surface area contributed by atoms with E-state index in [0.29, 0.717) is 34.2 Å². The van der Waals surface area contributed by atoms with Gasteiger partial charge in [-0.15, -0.1) is 0 Å². The zero-order valence-corrected chi connectivity index (χ0v) is 11.3. The molecule has 19 heavy (non-hydrogen) atoms. The number of phenols is 2. The third-order valence-corrected chi connectivity index (χ3v) is 3.77. The molecule has 0 aliphatic heterocycles. The van der Waals surface area contributed by atoms with Gasteiger partial charge in [0.2, 0.25) is 17.0 Å². The van der Waals surface area contributed by atoms with Crippen LogP contribution in [0.3, 0.4) is 0 Å². The summed E-state index contributed by atoms with van der Waals surface area (Å²) in [6, 6.07) is 4.27. The maximum absolute atomic E-state index is 11.4. The molecule has 0 unspecified atom stereocenters. The highest BCUT2D eigenvalue weighted by Crippen LogP contribution is 2.44. The second-order valence-corrected chi connectivity index (χ2v) is 4.79. The molecule has 2 aromatic rings. The van der Waals surface area contributed by atoms with E-state index in [9.17, 15) is 15.0 Å². The fraction of sp³-hybridized carbons (Fsp3) is 0.357. The highest BCUT2D eigenvalue weighted by atomic mass is 16.4. The standard InChI is InChI=1S/C14H17NO4/c1-4-15(3,5-2)12-13(18)10(16)8-9-6-7-11(17)19-14(9)12/h6-8H,4-5H2,1-3H3,(H-,16,17,18)/p+1. The largest absolute Gasteiger partial charge is 0.504 e. The quantitative estimate of drug-likeness (QED) is 0.506. The minimum Gasteiger partial charge on any atom is -0.504 e. The van der Waals surface area contributed by atoms with E-state index in [1.54, 1.807) is 6.07 Å². The first kappa shape index (κ1) is 13.4. The minimum absolute atomic E-state index is 0.206. The maximum atomic E-state index is 11.4. The van der Waals surface area contributed by atoms with Crippen LogP contribution in [0.5, 0.6) is 11.5 Å². The van der Waals surface area contributed by atoms with Crippen molar-refractivity contribution < 1.29 is 14.6 Å². The lowest BCUT2D eigenvalue weighted by atomic mass is 10.1. The van der Waals surface area contributed by atoms with Crippen LogP contribution in [0.4, 0.5) is 5.69 Å². The van der Waals surface area contributed by atoms with Crippen LogP contribution in [-0.2, 0) is 0 Å². The molecular weight excluding hydrogens is 246 g/mol. The molecule has 1 aromatic heterocycles. The Morgan fingerprint density at radius 3 is 2.42 bits per heavy atom. The van der Waals surface area contributed by atoms with Gasteiger partial charge >= 0.3 is 5.63 Å². The van der Waals surface area contributed by atoms with Gasteiger partial charge in [-0.05, 0) is 26.0 Å². The van der Waals surface area contributed by atoms with E-state index >= 15 is 0 Å². The highest BCUT2D eigenvalue weighted by Gasteiger charge is 2.31. The SMILES string of the molecule is CC[N+](C)(CC)c1c(O)c(O)cc2ccc(=O)oc12. The molecule has 1 aromatic carbocycles. The number of hydrogen-bond donors (Lipinski definition) is 2. The van der Waals surface area contributed by atoms with Crippen LogP contribution in [0.2, 0.25) is 0 Å². The van der Waals surface area contributed by atoms with Gasteiger partial charge in [0, 0.05) is 11.5 Å². The third-order valence-electron chi connectivity index (χ3n) is 3.77. The lowest BCUT2D eigenvalue weighted by Crippen LogP contribution is -2.44. The molecule has 0 fully saturated rings. The van der Waals surface area contributed by atoms with Gasteiger partial charge < -0.3 is 14.6 Å². The number of hydrogen-bond acceptors (Lipinski definition) is 4. The molecule has 0 spiro atoms. The molecule has 5 nitrogen and oxygen atoms in total. The van der Waals surface area contributed by atoms with Gasteiger partial charge in [-0.1, -0.05) is 0 Å². The Kier molecular flexibility index (Phi) is 3.24. The number of nitrogens with zero attached hydrogens (tertiary/aromatic N) is 1. The van der Waals surface area contributed by atoms with Crippen LogP contribution in [0, 0.1) is 0 Å². The van der Waals surface area contributed by atoms with Gasteiger partial charge in [0.05, 0.1) is 20.1 Å². The minimum atomic E-state index is -0.474. The van der Waals surface area contributed by atoms with Crippen LogP contribution in [0.25, 0.3) is 11.0 Å². The van der Waals surface area contributed by atoms with Crippen LogP contribution in [0.15, 0.2) is 27.4 Å². The summed E-state index contributed by atoms with van der Waals surface area (Å²) >= 11 is 0. The number of quaternary nitrogens is 1. The van der Waals surface area contributed by atoms with Crippen LogP contribution >= 0.6 is 0 Å². The van der Waals surface area contributed by atoms with Gasteiger partial charge in [0.25, 0.3) is 0 Å². The second-order valence-electron chi connectivity index (χ2n) is 4.79. The Balaban J connectivity index is 2.94. The predicted molar refractivity (Wildman–Crippen MR) is 74.6 cm³/mol. The zero-order chi connectivity index (χ0) is 14.2. The summed E-state index contributed by atoms with van der Waals surface area (Å²) in [6.07, 6.45) is 0. The first-order valence-electron chi connectivity index (χ1n) is 6.27. The first-order chi connectivity index (χ1) is 8.92. The summed E-state index contributed by atoms with van der Waals surface area (Å²) in [4.78, 5) is 11.4. The highest BCUT2D eigenvalue weighted by molar-refractivity contribution is 5.93.